The van der Waals surface area contributed by atoms with E-state index in [4.69, 9.17) is 23.2 Å². The number of aryl methyl sites for hydroxylation is 2. The molecule has 2 heterocycles. The van der Waals surface area contributed by atoms with Crippen LogP contribution < -0.4 is 0 Å². The van der Waals surface area contributed by atoms with Crippen molar-refractivity contribution in [3.63, 3.8) is 0 Å². The molecule has 1 aliphatic heterocycles. The molecule has 0 unspecified atom stereocenters. The van der Waals surface area contributed by atoms with Crippen LogP contribution in [-0.2, 0) is 16.4 Å². The van der Waals surface area contributed by atoms with Crippen molar-refractivity contribution < 1.29 is 8.42 Å². The highest BCUT2D eigenvalue weighted by Gasteiger charge is 2.32. The number of aromatic nitrogens is 2. The number of sulfonamides is 1. The van der Waals surface area contributed by atoms with Gasteiger partial charge < -0.3 is 0 Å². The van der Waals surface area contributed by atoms with Gasteiger partial charge in [0.15, 0.2) is 0 Å². The van der Waals surface area contributed by atoms with Crippen LogP contribution in [0, 0.1) is 19.8 Å². The zero-order chi connectivity index (χ0) is 18.2. The molecule has 136 valence electrons. The summed E-state index contributed by atoms with van der Waals surface area (Å²) >= 11 is 12.2. The van der Waals surface area contributed by atoms with E-state index in [1.807, 2.05) is 12.1 Å². The summed E-state index contributed by atoms with van der Waals surface area (Å²) in [6.07, 6.45) is 2.47. The highest BCUT2D eigenvalue weighted by molar-refractivity contribution is 7.89. The lowest BCUT2D eigenvalue weighted by molar-refractivity contribution is 0.272. The van der Waals surface area contributed by atoms with Crippen molar-refractivity contribution in [3.8, 4) is 0 Å². The van der Waals surface area contributed by atoms with Crippen LogP contribution >= 0.6 is 23.2 Å². The zero-order valence-electron chi connectivity index (χ0n) is 14.2. The van der Waals surface area contributed by atoms with Gasteiger partial charge in [0.2, 0.25) is 10.0 Å². The van der Waals surface area contributed by atoms with Crippen LogP contribution in [0.15, 0.2) is 23.1 Å². The Kier molecular flexibility index (Phi) is 5.44. The summed E-state index contributed by atoms with van der Waals surface area (Å²) in [6, 6.07) is 5.54. The number of nitrogens with one attached hydrogen (secondary N) is 1. The van der Waals surface area contributed by atoms with Crippen molar-refractivity contribution in [2.75, 3.05) is 13.1 Å². The molecule has 2 aromatic rings. The fraction of sp³-hybridized carbons (Fsp3) is 0.471. The number of hydrogen-bond acceptors (Lipinski definition) is 3. The van der Waals surface area contributed by atoms with Crippen LogP contribution in [0.2, 0.25) is 10.0 Å². The molecule has 8 heteroatoms. The first-order valence-corrected chi connectivity index (χ1v) is 10.4. The topological polar surface area (TPSA) is 66.1 Å². The summed E-state index contributed by atoms with van der Waals surface area (Å²) < 4.78 is 27.3. The van der Waals surface area contributed by atoms with Crippen molar-refractivity contribution in [1.82, 2.24) is 14.5 Å². The second-order valence-corrected chi connectivity index (χ2v) is 9.27. The van der Waals surface area contributed by atoms with E-state index in [0.29, 0.717) is 45.3 Å². The highest BCUT2D eigenvalue weighted by Crippen LogP contribution is 2.30. The summed E-state index contributed by atoms with van der Waals surface area (Å²) in [5, 5.41) is 8.06. The summed E-state index contributed by atoms with van der Waals surface area (Å²) in [6.45, 7) is 4.48. The van der Waals surface area contributed by atoms with Crippen molar-refractivity contribution in [3.05, 3.63) is 45.2 Å². The number of piperidine rings is 1. The van der Waals surface area contributed by atoms with Gasteiger partial charge >= 0.3 is 0 Å². The van der Waals surface area contributed by atoms with Gasteiger partial charge in [-0.3, -0.25) is 5.10 Å². The fourth-order valence-electron chi connectivity index (χ4n) is 3.40. The maximum atomic E-state index is 12.9. The van der Waals surface area contributed by atoms with Crippen molar-refractivity contribution in [2.24, 2.45) is 5.92 Å². The number of rotatable bonds is 4. The number of benzene rings is 1. The van der Waals surface area contributed by atoms with Gasteiger partial charge in [-0.2, -0.15) is 9.40 Å². The van der Waals surface area contributed by atoms with Gasteiger partial charge in [-0.15, -0.1) is 0 Å². The first-order valence-electron chi connectivity index (χ1n) is 8.24. The van der Waals surface area contributed by atoms with Gasteiger partial charge in [0.1, 0.15) is 4.90 Å². The minimum absolute atomic E-state index is 0.312. The van der Waals surface area contributed by atoms with E-state index in [2.05, 4.69) is 10.2 Å². The van der Waals surface area contributed by atoms with Gasteiger partial charge in [-0.1, -0.05) is 29.3 Å². The quantitative estimate of drug-likeness (QED) is 0.842. The lowest BCUT2D eigenvalue weighted by Crippen LogP contribution is -2.39. The van der Waals surface area contributed by atoms with Crippen molar-refractivity contribution in [2.45, 2.75) is 38.0 Å². The average molecular weight is 402 g/mol. The van der Waals surface area contributed by atoms with E-state index >= 15 is 0 Å². The molecule has 0 saturated carbocycles. The van der Waals surface area contributed by atoms with Crippen LogP contribution in [0.5, 0.6) is 0 Å². The number of hydrogen-bond donors (Lipinski definition) is 1. The third-order valence-corrected chi connectivity index (χ3v) is 7.51. The van der Waals surface area contributed by atoms with Gasteiger partial charge in [0.05, 0.1) is 11.4 Å². The van der Waals surface area contributed by atoms with E-state index in [1.54, 1.807) is 24.2 Å². The van der Waals surface area contributed by atoms with Gasteiger partial charge in [0, 0.05) is 23.1 Å². The Hall–Kier alpha value is -1.08. The molecule has 3 rings (SSSR count). The molecule has 0 spiro atoms. The molecule has 1 saturated heterocycles. The monoisotopic (exact) mass is 401 g/mol. The number of halogens is 2. The molecule has 1 N–H and O–H groups in total. The van der Waals surface area contributed by atoms with E-state index in [0.717, 1.165) is 24.8 Å². The van der Waals surface area contributed by atoms with E-state index < -0.39 is 10.0 Å². The van der Waals surface area contributed by atoms with E-state index in [-0.39, 0.29) is 0 Å². The summed E-state index contributed by atoms with van der Waals surface area (Å²) in [5.74, 6) is 0.414. The first-order chi connectivity index (χ1) is 11.8. The molecule has 25 heavy (non-hydrogen) atoms. The molecular formula is C17H21Cl2N3O2S. The number of H-pyrrole nitrogens is 1. The van der Waals surface area contributed by atoms with Crippen LogP contribution in [0.25, 0.3) is 0 Å². The number of aromatic amines is 1. The maximum absolute atomic E-state index is 12.9. The van der Waals surface area contributed by atoms with Crippen LogP contribution in [0.3, 0.4) is 0 Å². The predicted molar refractivity (Wildman–Crippen MR) is 99.7 cm³/mol. The van der Waals surface area contributed by atoms with Gasteiger partial charge in [-0.25, -0.2) is 8.42 Å². The molecule has 0 radical (unpaired) electrons. The maximum Gasteiger partial charge on any atom is 0.246 e. The minimum Gasteiger partial charge on any atom is -0.281 e. The summed E-state index contributed by atoms with van der Waals surface area (Å²) in [5.41, 5.74) is 2.18. The van der Waals surface area contributed by atoms with E-state index in [9.17, 15) is 8.42 Å². The normalized spacial score (nSPS) is 17.1. The lowest BCUT2D eigenvalue weighted by atomic mass is 9.91. The number of nitrogens with zero attached hydrogens (tertiary/aromatic N) is 2. The van der Waals surface area contributed by atoms with E-state index in [1.165, 1.54) is 0 Å². The van der Waals surface area contributed by atoms with Crippen LogP contribution in [0.1, 0.15) is 29.8 Å². The Labute approximate surface area is 158 Å². The fourth-order valence-corrected chi connectivity index (χ4v) is 5.69. The molecule has 0 atom stereocenters. The Morgan fingerprint density at radius 2 is 1.92 bits per heavy atom. The Balaban J connectivity index is 1.67. The molecule has 1 aromatic heterocycles. The highest BCUT2D eigenvalue weighted by atomic mass is 35.5. The second-order valence-electron chi connectivity index (χ2n) is 6.55. The van der Waals surface area contributed by atoms with Crippen LogP contribution in [0.4, 0.5) is 0 Å². The largest absolute Gasteiger partial charge is 0.281 e. The minimum atomic E-state index is -3.49. The SMILES string of the molecule is Cc1n[nH]c(C)c1S(=O)(=O)N1CCC(Cc2ccc(Cl)cc2Cl)CC1. The Morgan fingerprint density at radius 1 is 1.24 bits per heavy atom. The second kappa shape index (κ2) is 7.27. The summed E-state index contributed by atoms with van der Waals surface area (Å²) in [7, 11) is -3.49. The molecule has 0 aliphatic carbocycles. The van der Waals surface area contributed by atoms with Crippen LogP contribution in [-0.4, -0.2) is 36.0 Å². The molecule has 5 nitrogen and oxygen atoms in total. The average Bonchev–Trinajstić information content (AvgIpc) is 2.90. The molecule has 1 aliphatic rings. The van der Waals surface area contributed by atoms with Gasteiger partial charge in [0.25, 0.3) is 0 Å². The molecule has 0 amide bonds. The Bertz CT molecular complexity index is 853. The standard InChI is InChI=1S/C17H21Cl2N3O2S/c1-11-17(12(2)21-20-11)25(23,24)22-7-5-13(6-8-22)9-14-3-4-15(18)10-16(14)19/h3-4,10,13H,5-9H2,1-2H3,(H,20,21). The third kappa shape index (κ3) is 3.87. The van der Waals surface area contributed by atoms with Crippen molar-refractivity contribution in [1.29, 1.82) is 0 Å². The summed E-state index contributed by atoms with van der Waals surface area (Å²) in [4.78, 5) is 0.312. The Morgan fingerprint density at radius 3 is 2.48 bits per heavy atom. The molecule has 1 fully saturated rings. The molecular weight excluding hydrogens is 381 g/mol. The van der Waals surface area contributed by atoms with Gasteiger partial charge in [-0.05, 0) is 56.7 Å². The molecule has 1 aromatic carbocycles. The lowest BCUT2D eigenvalue weighted by Gasteiger charge is -2.31. The third-order valence-electron chi connectivity index (χ3n) is 4.76. The predicted octanol–water partition coefficient (Wildman–Crippen LogP) is 3.98. The first kappa shape index (κ1) is 18.7. The zero-order valence-corrected chi connectivity index (χ0v) is 16.5. The van der Waals surface area contributed by atoms with Crippen molar-refractivity contribution >= 4 is 33.2 Å². The molecule has 0 bridgehead atoms. The smallest absolute Gasteiger partial charge is 0.246 e.